The van der Waals surface area contributed by atoms with Crippen molar-refractivity contribution in [1.29, 1.82) is 0 Å². The molecule has 0 aliphatic heterocycles. The van der Waals surface area contributed by atoms with Crippen molar-refractivity contribution >= 4 is 11.4 Å². The van der Waals surface area contributed by atoms with Crippen molar-refractivity contribution in [3.05, 3.63) is 33.9 Å². The minimum atomic E-state index is -1.18. The Hall–Kier alpha value is -1.72. The second-order valence-electron chi connectivity index (χ2n) is 5.74. The molecule has 0 spiro atoms. The van der Waals surface area contributed by atoms with E-state index >= 15 is 0 Å². The van der Waals surface area contributed by atoms with Gasteiger partial charge in [-0.3, -0.25) is 10.1 Å². The first-order chi connectivity index (χ1) is 9.43. The van der Waals surface area contributed by atoms with Crippen molar-refractivity contribution in [2.45, 2.75) is 39.0 Å². The van der Waals surface area contributed by atoms with Gasteiger partial charge in [-0.15, -0.1) is 0 Å². The monoisotopic (exact) mass is 284 g/mol. The van der Waals surface area contributed by atoms with E-state index in [0.29, 0.717) is 6.54 Å². The summed E-state index contributed by atoms with van der Waals surface area (Å²) >= 11 is 0. The van der Waals surface area contributed by atoms with E-state index in [9.17, 15) is 18.9 Å². The number of nitrogens with zero attached hydrogens (tertiary/aromatic N) is 1. The van der Waals surface area contributed by atoms with Gasteiger partial charge in [0, 0.05) is 12.6 Å². The lowest BCUT2D eigenvalue weighted by atomic mass is 9.75. The maximum absolute atomic E-state index is 13.8. The first kappa shape index (κ1) is 14.7. The number of nitro benzene ring substituents is 1. The van der Waals surface area contributed by atoms with E-state index in [1.807, 2.05) is 0 Å². The highest BCUT2D eigenvalue weighted by Gasteiger charge is 2.29. The quantitative estimate of drug-likeness (QED) is 0.664. The minimum Gasteiger partial charge on any atom is -0.376 e. The standard InChI is InChI=1S/C14H18F2N2O2/c1-14(7-3-2-4-8-14)9-17-13-11(18(19)20)6-5-10(15)12(13)16/h5-6,17H,2-4,7-9H2,1H3. The zero-order valence-corrected chi connectivity index (χ0v) is 11.4. The zero-order valence-electron chi connectivity index (χ0n) is 11.4. The van der Waals surface area contributed by atoms with Crippen LogP contribution in [0.2, 0.25) is 0 Å². The van der Waals surface area contributed by atoms with Crippen LogP contribution in [0.4, 0.5) is 20.2 Å². The molecular weight excluding hydrogens is 266 g/mol. The third kappa shape index (κ3) is 3.05. The summed E-state index contributed by atoms with van der Waals surface area (Å²) in [5.74, 6) is -2.26. The molecule has 2 rings (SSSR count). The molecule has 6 heteroatoms. The van der Waals surface area contributed by atoms with Crippen molar-refractivity contribution in [2.24, 2.45) is 5.41 Å². The predicted octanol–water partition coefficient (Wildman–Crippen LogP) is 4.26. The summed E-state index contributed by atoms with van der Waals surface area (Å²) in [4.78, 5) is 10.2. The summed E-state index contributed by atoms with van der Waals surface area (Å²) in [6.07, 6.45) is 5.37. The van der Waals surface area contributed by atoms with Crippen LogP contribution in [0, 0.1) is 27.2 Å². The van der Waals surface area contributed by atoms with Crippen LogP contribution in [0.15, 0.2) is 12.1 Å². The molecule has 20 heavy (non-hydrogen) atoms. The number of hydrogen-bond acceptors (Lipinski definition) is 3. The Morgan fingerprint density at radius 3 is 2.55 bits per heavy atom. The molecule has 0 radical (unpaired) electrons. The molecule has 1 aromatic carbocycles. The Labute approximate surface area is 116 Å². The molecule has 0 heterocycles. The van der Waals surface area contributed by atoms with Crippen LogP contribution in [0.1, 0.15) is 39.0 Å². The molecule has 0 aromatic heterocycles. The van der Waals surface area contributed by atoms with Crippen LogP contribution < -0.4 is 5.32 Å². The van der Waals surface area contributed by atoms with Gasteiger partial charge in [0.05, 0.1) is 4.92 Å². The molecule has 1 aliphatic carbocycles. The Bertz CT molecular complexity index is 514. The summed E-state index contributed by atoms with van der Waals surface area (Å²) in [5.41, 5.74) is -0.796. The van der Waals surface area contributed by atoms with Crippen LogP contribution in [0.25, 0.3) is 0 Å². The van der Waals surface area contributed by atoms with Gasteiger partial charge in [-0.25, -0.2) is 8.78 Å². The molecule has 1 fully saturated rings. The van der Waals surface area contributed by atoms with Gasteiger partial charge in [-0.2, -0.15) is 0 Å². The van der Waals surface area contributed by atoms with Crippen LogP contribution in [-0.2, 0) is 0 Å². The average Bonchev–Trinajstić information content (AvgIpc) is 2.41. The third-order valence-corrected chi connectivity index (χ3v) is 4.02. The van der Waals surface area contributed by atoms with Gasteiger partial charge < -0.3 is 5.32 Å². The summed E-state index contributed by atoms with van der Waals surface area (Å²) < 4.78 is 27.0. The third-order valence-electron chi connectivity index (χ3n) is 4.02. The van der Waals surface area contributed by atoms with Crippen LogP contribution in [0.3, 0.4) is 0 Å². The Balaban J connectivity index is 2.20. The molecule has 0 atom stereocenters. The van der Waals surface area contributed by atoms with Gasteiger partial charge in [0.15, 0.2) is 17.3 Å². The summed E-state index contributed by atoms with van der Waals surface area (Å²) in [7, 11) is 0. The lowest BCUT2D eigenvalue weighted by Crippen LogP contribution is -2.29. The smallest absolute Gasteiger partial charge is 0.295 e. The highest BCUT2D eigenvalue weighted by atomic mass is 19.2. The van der Waals surface area contributed by atoms with Gasteiger partial charge in [0.25, 0.3) is 5.69 Å². The number of anilines is 1. The number of rotatable bonds is 4. The van der Waals surface area contributed by atoms with Gasteiger partial charge in [-0.05, 0) is 24.3 Å². The second kappa shape index (κ2) is 5.73. The van der Waals surface area contributed by atoms with E-state index in [-0.39, 0.29) is 11.1 Å². The van der Waals surface area contributed by atoms with Crippen LogP contribution in [0.5, 0.6) is 0 Å². The lowest BCUT2D eigenvalue weighted by molar-refractivity contribution is -0.384. The van der Waals surface area contributed by atoms with Gasteiger partial charge >= 0.3 is 0 Å². The van der Waals surface area contributed by atoms with Crippen molar-refractivity contribution in [3.8, 4) is 0 Å². The van der Waals surface area contributed by atoms with Crippen molar-refractivity contribution in [2.75, 3.05) is 11.9 Å². The van der Waals surface area contributed by atoms with E-state index < -0.39 is 22.2 Å². The number of hydrogen-bond donors (Lipinski definition) is 1. The van der Waals surface area contributed by atoms with Crippen molar-refractivity contribution in [3.63, 3.8) is 0 Å². The van der Waals surface area contributed by atoms with Crippen LogP contribution >= 0.6 is 0 Å². The van der Waals surface area contributed by atoms with Gasteiger partial charge in [0.1, 0.15) is 0 Å². The highest BCUT2D eigenvalue weighted by Crippen LogP contribution is 2.37. The summed E-state index contributed by atoms with van der Waals surface area (Å²) in [5, 5.41) is 13.6. The summed E-state index contributed by atoms with van der Waals surface area (Å²) in [6.45, 7) is 2.48. The second-order valence-corrected chi connectivity index (χ2v) is 5.74. The van der Waals surface area contributed by atoms with E-state index in [4.69, 9.17) is 0 Å². The molecule has 1 aromatic rings. The molecule has 0 saturated heterocycles. The number of halogens is 2. The normalized spacial score (nSPS) is 17.8. The Kier molecular flexibility index (Phi) is 4.20. The minimum absolute atomic E-state index is 0.0229. The molecular formula is C14H18F2N2O2. The maximum Gasteiger partial charge on any atom is 0.295 e. The largest absolute Gasteiger partial charge is 0.376 e. The zero-order chi connectivity index (χ0) is 14.8. The Morgan fingerprint density at radius 2 is 1.95 bits per heavy atom. The van der Waals surface area contributed by atoms with Crippen molar-refractivity contribution < 1.29 is 13.7 Å². The molecule has 1 saturated carbocycles. The fourth-order valence-corrected chi connectivity index (χ4v) is 2.74. The molecule has 110 valence electrons. The number of nitrogens with one attached hydrogen (secondary N) is 1. The first-order valence-electron chi connectivity index (χ1n) is 6.79. The SMILES string of the molecule is CC1(CNc2c([N+](=O)[O-])ccc(F)c2F)CCCCC1. The Morgan fingerprint density at radius 1 is 1.30 bits per heavy atom. The van der Waals surface area contributed by atoms with Gasteiger partial charge in [0.2, 0.25) is 0 Å². The van der Waals surface area contributed by atoms with Gasteiger partial charge in [-0.1, -0.05) is 26.2 Å². The molecule has 0 unspecified atom stereocenters. The topological polar surface area (TPSA) is 55.2 Å². The highest BCUT2D eigenvalue weighted by molar-refractivity contribution is 5.62. The van der Waals surface area contributed by atoms with Crippen LogP contribution in [-0.4, -0.2) is 11.5 Å². The molecule has 0 bridgehead atoms. The average molecular weight is 284 g/mol. The maximum atomic E-state index is 13.8. The molecule has 0 amide bonds. The van der Waals surface area contributed by atoms with Crippen molar-refractivity contribution in [1.82, 2.24) is 0 Å². The predicted molar refractivity (Wildman–Crippen MR) is 72.7 cm³/mol. The fourth-order valence-electron chi connectivity index (χ4n) is 2.74. The lowest BCUT2D eigenvalue weighted by Gasteiger charge is -2.34. The van der Waals surface area contributed by atoms with E-state index in [1.165, 1.54) is 6.42 Å². The fraction of sp³-hybridized carbons (Fsp3) is 0.571. The first-order valence-corrected chi connectivity index (χ1v) is 6.79. The number of nitro groups is 1. The van der Waals surface area contributed by atoms with E-state index in [1.54, 1.807) is 0 Å². The molecule has 1 N–H and O–H groups in total. The van der Waals surface area contributed by atoms with E-state index in [0.717, 1.165) is 37.8 Å². The molecule has 1 aliphatic rings. The number of benzene rings is 1. The van der Waals surface area contributed by atoms with E-state index in [2.05, 4.69) is 12.2 Å². The molecule has 4 nitrogen and oxygen atoms in total. The summed E-state index contributed by atoms with van der Waals surface area (Å²) in [6, 6.07) is 1.77.